The lowest BCUT2D eigenvalue weighted by Crippen LogP contribution is -2.49. The highest BCUT2D eigenvalue weighted by molar-refractivity contribution is 5.75. The molecule has 2 fully saturated rings. The van der Waals surface area contributed by atoms with Crippen LogP contribution in [0.1, 0.15) is 19.8 Å². The largest absolute Gasteiger partial charge is 0.465 e. The molecule has 0 bridgehead atoms. The first kappa shape index (κ1) is 9.93. The van der Waals surface area contributed by atoms with Crippen LogP contribution in [0.4, 0.5) is 0 Å². The summed E-state index contributed by atoms with van der Waals surface area (Å²) in [5, 5.41) is 10.1. The van der Waals surface area contributed by atoms with Gasteiger partial charge in [0.2, 0.25) is 0 Å². The zero-order valence-corrected chi connectivity index (χ0v) is 8.53. The third kappa shape index (κ3) is 1.42. The molecule has 1 N–H and O–H groups in total. The van der Waals surface area contributed by atoms with Crippen LogP contribution in [0.25, 0.3) is 0 Å². The summed E-state index contributed by atoms with van der Waals surface area (Å²) in [6.07, 6.45) is 0.906. The average Bonchev–Trinajstić information content (AvgIpc) is 2.44. The minimum Gasteiger partial charge on any atom is -0.465 e. The first-order chi connectivity index (χ1) is 6.54. The van der Waals surface area contributed by atoms with Gasteiger partial charge in [0.25, 0.3) is 0 Å². The van der Waals surface area contributed by atoms with E-state index in [1.807, 2.05) is 0 Å². The van der Waals surface area contributed by atoms with Crippen molar-refractivity contribution in [1.29, 1.82) is 0 Å². The van der Waals surface area contributed by atoms with Crippen LogP contribution in [0, 0.1) is 11.8 Å². The molecule has 0 amide bonds. The Kier molecular flexibility index (Phi) is 2.27. The summed E-state index contributed by atoms with van der Waals surface area (Å²) in [5.74, 6) is -0.0309. The van der Waals surface area contributed by atoms with Gasteiger partial charge in [-0.2, -0.15) is 0 Å². The second kappa shape index (κ2) is 3.21. The minimum absolute atomic E-state index is 0.0693. The summed E-state index contributed by atoms with van der Waals surface area (Å²) in [5.41, 5.74) is -0.829. The molecule has 2 aliphatic rings. The van der Waals surface area contributed by atoms with Crippen molar-refractivity contribution in [3.05, 3.63) is 0 Å². The van der Waals surface area contributed by atoms with Gasteiger partial charge in [-0.3, -0.25) is 4.79 Å². The van der Waals surface area contributed by atoms with E-state index in [0.717, 1.165) is 0 Å². The first-order valence-corrected chi connectivity index (χ1v) is 4.96. The fourth-order valence-corrected chi connectivity index (χ4v) is 2.59. The molecule has 0 spiro atoms. The number of methoxy groups -OCH3 is 1. The topological polar surface area (TPSA) is 55.8 Å². The predicted octanol–water partition coefficient (Wildman–Crippen LogP) is 0.335. The van der Waals surface area contributed by atoms with Gasteiger partial charge in [-0.15, -0.1) is 0 Å². The molecule has 0 aromatic carbocycles. The summed E-state index contributed by atoms with van der Waals surface area (Å²) in [6.45, 7) is 2.22. The highest BCUT2D eigenvalue weighted by atomic mass is 16.5. The molecule has 0 aromatic heterocycles. The highest BCUT2D eigenvalue weighted by Crippen LogP contribution is 2.41. The minimum atomic E-state index is -0.829. The van der Waals surface area contributed by atoms with Crippen LogP contribution in [0.2, 0.25) is 0 Å². The molecule has 0 radical (unpaired) electrons. The summed E-state index contributed by atoms with van der Waals surface area (Å²) >= 11 is 0. The molecule has 1 saturated heterocycles. The van der Waals surface area contributed by atoms with Crippen molar-refractivity contribution in [2.24, 2.45) is 11.8 Å². The van der Waals surface area contributed by atoms with E-state index in [0.29, 0.717) is 19.4 Å². The van der Waals surface area contributed by atoms with E-state index in [4.69, 9.17) is 9.47 Å². The van der Waals surface area contributed by atoms with Gasteiger partial charge in [0.05, 0.1) is 24.2 Å². The van der Waals surface area contributed by atoms with Gasteiger partial charge in [0.15, 0.2) is 0 Å². The fraction of sp³-hybridized carbons (Fsp3) is 0.900. The first-order valence-electron chi connectivity index (χ1n) is 4.96. The number of hydrogen-bond acceptors (Lipinski definition) is 4. The molecule has 4 atom stereocenters. The Morgan fingerprint density at radius 3 is 3.00 bits per heavy atom. The van der Waals surface area contributed by atoms with Gasteiger partial charge in [0.1, 0.15) is 0 Å². The van der Waals surface area contributed by atoms with E-state index in [-0.39, 0.29) is 23.9 Å². The number of fused-ring (bicyclic) bond motifs is 1. The van der Waals surface area contributed by atoms with Crippen LogP contribution in [0.5, 0.6) is 0 Å². The standard InChI is InChI=1S/C10H16O4/c1-10(12)4-6-5-14-9(11)7(6)3-8(10)13-2/h6-8,12H,3-5H2,1-2H3. The molecule has 4 unspecified atom stereocenters. The molecule has 1 saturated carbocycles. The van der Waals surface area contributed by atoms with E-state index in [2.05, 4.69) is 0 Å². The zero-order valence-electron chi connectivity index (χ0n) is 8.53. The highest BCUT2D eigenvalue weighted by Gasteiger charge is 2.50. The Morgan fingerprint density at radius 1 is 1.64 bits per heavy atom. The SMILES string of the molecule is COC1CC2C(=O)OCC2CC1(C)O. The van der Waals surface area contributed by atoms with Crippen molar-refractivity contribution < 1.29 is 19.4 Å². The van der Waals surface area contributed by atoms with Crippen molar-refractivity contribution in [1.82, 2.24) is 0 Å². The van der Waals surface area contributed by atoms with Gasteiger partial charge < -0.3 is 14.6 Å². The Balaban J connectivity index is 2.15. The fourth-order valence-electron chi connectivity index (χ4n) is 2.59. The second-order valence-corrected chi connectivity index (χ2v) is 4.52. The molecule has 14 heavy (non-hydrogen) atoms. The molecule has 1 heterocycles. The van der Waals surface area contributed by atoms with Crippen LogP contribution >= 0.6 is 0 Å². The lowest BCUT2D eigenvalue weighted by Gasteiger charge is -2.40. The smallest absolute Gasteiger partial charge is 0.309 e. The predicted molar refractivity (Wildman–Crippen MR) is 48.6 cm³/mol. The Hall–Kier alpha value is -0.610. The van der Waals surface area contributed by atoms with Crippen molar-refractivity contribution >= 4 is 5.97 Å². The molecular weight excluding hydrogens is 184 g/mol. The average molecular weight is 200 g/mol. The number of esters is 1. The number of carbonyl (C=O) groups excluding carboxylic acids is 1. The Labute approximate surface area is 83.2 Å². The van der Waals surface area contributed by atoms with Crippen molar-refractivity contribution in [2.75, 3.05) is 13.7 Å². The number of hydrogen-bond donors (Lipinski definition) is 1. The number of ether oxygens (including phenoxy) is 2. The lowest BCUT2D eigenvalue weighted by atomic mass is 9.72. The second-order valence-electron chi connectivity index (χ2n) is 4.52. The maximum absolute atomic E-state index is 11.3. The van der Waals surface area contributed by atoms with E-state index < -0.39 is 5.60 Å². The summed E-state index contributed by atoms with van der Waals surface area (Å²) in [7, 11) is 1.57. The summed E-state index contributed by atoms with van der Waals surface area (Å²) in [4.78, 5) is 11.3. The maximum Gasteiger partial charge on any atom is 0.309 e. The van der Waals surface area contributed by atoms with Crippen LogP contribution in [-0.4, -0.2) is 36.5 Å². The van der Waals surface area contributed by atoms with E-state index >= 15 is 0 Å². The van der Waals surface area contributed by atoms with E-state index in [1.54, 1.807) is 14.0 Å². The van der Waals surface area contributed by atoms with Gasteiger partial charge in [-0.25, -0.2) is 0 Å². The van der Waals surface area contributed by atoms with Crippen LogP contribution in [0.3, 0.4) is 0 Å². The third-order valence-corrected chi connectivity index (χ3v) is 3.43. The van der Waals surface area contributed by atoms with Crippen LogP contribution in [0.15, 0.2) is 0 Å². The lowest BCUT2D eigenvalue weighted by molar-refractivity contribution is -0.149. The van der Waals surface area contributed by atoms with Crippen molar-refractivity contribution in [3.8, 4) is 0 Å². The van der Waals surface area contributed by atoms with Crippen LogP contribution < -0.4 is 0 Å². The summed E-state index contributed by atoms with van der Waals surface area (Å²) < 4.78 is 10.2. The molecule has 2 rings (SSSR count). The zero-order chi connectivity index (χ0) is 10.3. The van der Waals surface area contributed by atoms with Crippen LogP contribution in [-0.2, 0) is 14.3 Å². The number of cyclic esters (lactones) is 1. The number of carbonyl (C=O) groups is 1. The van der Waals surface area contributed by atoms with E-state index in [1.165, 1.54) is 0 Å². The molecule has 0 aromatic rings. The van der Waals surface area contributed by atoms with Crippen molar-refractivity contribution in [2.45, 2.75) is 31.5 Å². The maximum atomic E-state index is 11.3. The summed E-state index contributed by atoms with van der Waals surface area (Å²) in [6, 6.07) is 0. The van der Waals surface area contributed by atoms with E-state index in [9.17, 15) is 9.90 Å². The Bertz CT molecular complexity index is 249. The molecule has 1 aliphatic heterocycles. The number of aliphatic hydroxyl groups is 1. The normalized spacial score (nSPS) is 47.4. The van der Waals surface area contributed by atoms with Gasteiger partial charge >= 0.3 is 5.97 Å². The van der Waals surface area contributed by atoms with Gasteiger partial charge in [-0.05, 0) is 19.8 Å². The monoisotopic (exact) mass is 200 g/mol. The molecule has 1 aliphatic carbocycles. The number of rotatable bonds is 1. The molecule has 4 nitrogen and oxygen atoms in total. The quantitative estimate of drug-likeness (QED) is 0.620. The van der Waals surface area contributed by atoms with Crippen molar-refractivity contribution in [3.63, 3.8) is 0 Å². The van der Waals surface area contributed by atoms with Gasteiger partial charge in [-0.1, -0.05) is 0 Å². The van der Waals surface area contributed by atoms with Gasteiger partial charge in [0, 0.05) is 13.0 Å². The Morgan fingerprint density at radius 2 is 2.36 bits per heavy atom. The molecular formula is C10H16O4. The third-order valence-electron chi connectivity index (χ3n) is 3.43. The molecule has 80 valence electrons. The molecule has 4 heteroatoms.